The summed E-state index contributed by atoms with van der Waals surface area (Å²) in [5.41, 5.74) is 3.03. The number of aryl methyl sites for hydroxylation is 1. The normalized spacial score (nSPS) is 10.8. The molecule has 1 N–H and O–H groups in total. The maximum atomic E-state index is 13.9. The third-order valence-corrected chi connectivity index (χ3v) is 5.86. The molecule has 0 saturated heterocycles. The van der Waals surface area contributed by atoms with Gasteiger partial charge in [0.15, 0.2) is 17.5 Å². The van der Waals surface area contributed by atoms with Crippen molar-refractivity contribution < 1.29 is 18.0 Å². The summed E-state index contributed by atoms with van der Waals surface area (Å²) in [6.07, 6.45) is -0.148. The standard InChI is InChI=1S/C24H17F3N2OS/c1-14-7-9-15(10-8-14)23-19(29-24(31-23)16-5-3-2-4-6-16)13-20(30)28-18-12-11-17(25)21(26)22(18)27/h2-12H,13H2,1H3,(H,28,30). The zero-order valence-electron chi connectivity index (χ0n) is 16.5. The highest BCUT2D eigenvalue weighted by atomic mass is 32.1. The van der Waals surface area contributed by atoms with Crippen LogP contribution in [0.3, 0.4) is 0 Å². The molecule has 0 atom stereocenters. The number of carbonyl (C=O) groups excluding carboxylic acids is 1. The zero-order chi connectivity index (χ0) is 22.0. The van der Waals surface area contributed by atoms with Crippen molar-refractivity contribution in [3.63, 3.8) is 0 Å². The Morgan fingerprint density at radius 1 is 0.903 bits per heavy atom. The molecule has 7 heteroatoms. The molecule has 3 nitrogen and oxygen atoms in total. The highest BCUT2D eigenvalue weighted by Gasteiger charge is 2.19. The third-order valence-electron chi connectivity index (χ3n) is 4.67. The Labute approximate surface area is 181 Å². The van der Waals surface area contributed by atoms with Gasteiger partial charge in [-0.05, 0) is 24.6 Å². The Morgan fingerprint density at radius 2 is 1.61 bits per heavy atom. The maximum absolute atomic E-state index is 13.9. The minimum absolute atomic E-state index is 0.148. The van der Waals surface area contributed by atoms with E-state index in [1.165, 1.54) is 11.3 Å². The maximum Gasteiger partial charge on any atom is 0.230 e. The van der Waals surface area contributed by atoms with Crippen molar-refractivity contribution in [2.24, 2.45) is 0 Å². The fourth-order valence-electron chi connectivity index (χ4n) is 3.08. The van der Waals surface area contributed by atoms with Gasteiger partial charge in [0.1, 0.15) is 5.01 Å². The number of anilines is 1. The first-order chi connectivity index (χ1) is 14.9. The molecule has 31 heavy (non-hydrogen) atoms. The van der Waals surface area contributed by atoms with Gasteiger partial charge >= 0.3 is 0 Å². The van der Waals surface area contributed by atoms with Gasteiger partial charge in [0.05, 0.1) is 22.7 Å². The molecule has 156 valence electrons. The predicted molar refractivity (Wildman–Crippen MR) is 116 cm³/mol. The second-order valence-electron chi connectivity index (χ2n) is 6.97. The average Bonchev–Trinajstić information content (AvgIpc) is 3.19. The van der Waals surface area contributed by atoms with E-state index in [9.17, 15) is 18.0 Å². The van der Waals surface area contributed by atoms with Crippen molar-refractivity contribution >= 4 is 22.9 Å². The second-order valence-corrected chi connectivity index (χ2v) is 7.97. The van der Waals surface area contributed by atoms with Crippen LogP contribution in [0.5, 0.6) is 0 Å². The van der Waals surface area contributed by atoms with Crippen molar-refractivity contribution in [3.8, 4) is 21.0 Å². The van der Waals surface area contributed by atoms with Crippen LogP contribution in [-0.4, -0.2) is 10.9 Å². The lowest BCUT2D eigenvalue weighted by atomic mass is 10.1. The number of carbonyl (C=O) groups is 1. The van der Waals surface area contributed by atoms with Crippen LogP contribution in [0.2, 0.25) is 0 Å². The van der Waals surface area contributed by atoms with Crippen LogP contribution < -0.4 is 5.32 Å². The Kier molecular flexibility index (Phi) is 5.86. The second kappa shape index (κ2) is 8.73. The number of thiazole rings is 1. The number of amides is 1. The first kappa shape index (κ1) is 20.8. The van der Waals surface area contributed by atoms with Gasteiger partial charge < -0.3 is 5.32 Å². The minimum Gasteiger partial charge on any atom is -0.323 e. The van der Waals surface area contributed by atoms with Crippen LogP contribution >= 0.6 is 11.3 Å². The number of nitrogens with one attached hydrogen (secondary N) is 1. The van der Waals surface area contributed by atoms with Crippen molar-refractivity contribution in [2.45, 2.75) is 13.3 Å². The van der Waals surface area contributed by atoms with Gasteiger partial charge in [-0.15, -0.1) is 11.3 Å². The van der Waals surface area contributed by atoms with E-state index in [1.807, 2.05) is 61.5 Å². The topological polar surface area (TPSA) is 42.0 Å². The summed E-state index contributed by atoms with van der Waals surface area (Å²) < 4.78 is 40.5. The van der Waals surface area contributed by atoms with Crippen LogP contribution in [0.4, 0.5) is 18.9 Å². The van der Waals surface area contributed by atoms with Crippen molar-refractivity contribution in [2.75, 3.05) is 5.32 Å². The highest BCUT2D eigenvalue weighted by molar-refractivity contribution is 7.18. The highest BCUT2D eigenvalue weighted by Crippen LogP contribution is 2.36. The first-order valence-electron chi connectivity index (χ1n) is 9.48. The Bertz CT molecular complexity index is 1240. The minimum atomic E-state index is -1.63. The Morgan fingerprint density at radius 3 is 2.32 bits per heavy atom. The molecule has 0 spiro atoms. The number of aromatic nitrogens is 1. The molecule has 0 unspecified atom stereocenters. The molecular weight excluding hydrogens is 421 g/mol. The monoisotopic (exact) mass is 438 g/mol. The van der Waals surface area contributed by atoms with E-state index < -0.39 is 29.0 Å². The summed E-state index contributed by atoms with van der Waals surface area (Å²) in [7, 11) is 0. The van der Waals surface area contributed by atoms with Gasteiger partial charge in [-0.3, -0.25) is 4.79 Å². The fraction of sp³-hybridized carbons (Fsp3) is 0.0833. The van der Waals surface area contributed by atoms with E-state index in [1.54, 1.807) is 0 Å². The quantitative estimate of drug-likeness (QED) is 0.367. The molecule has 0 aliphatic carbocycles. The molecule has 1 amide bonds. The number of hydrogen-bond acceptors (Lipinski definition) is 3. The molecule has 0 bridgehead atoms. The van der Waals surface area contributed by atoms with Gasteiger partial charge in [-0.2, -0.15) is 0 Å². The van der Waals surface area contributed by atoms with Crippen molar-refractivity contribution in [3.05, 3.63) is 95.4 Å². The Balaban J connectivity index is 1.66. The van der Waals surface area contributed by atoms with Gasteiger partial charge in [-0.1, -0.05) is 60.2 Å². The smallest absolute Gasteiger partial charge is 0.230 e. The molecule has 0 fully saturated rings. The summed E-state index contributed by atoms with van der Waals surface area (Å²) in [5, 5.41) is 3.06. The lowest BCUT2D eigenvalue weighted by molar-refractivity contribution is -0.115. The Hall–Kier alpha value is -3.45. The van der Waals surface area contributed by atoms with Crippen molar-refractivity contribution in [1.82, 2.24) is 4.98 Å². The molecule has 3 aromatic carbocycles. The van der Waals surface area contributed by atoms with Crippen LogP contribution in [-0.2, 0) is 11.2 Å². The molecule has 1 aromatic heterocycles. The summed E-state index contributed by atoms with van der Waals surface area (Å²) in [5.74, 6) is -4.96. The van der Waals surface area contributed by atoms with Crippen LogP contribution in [0, 0.1) is 24.4 Å². The zero-order valence-corrected chi connectivity index (χ0v) is 17.3. The predicted octanol–water partition coefficient (Wildman–Crippen LogP) is 6.38. The molecule has 0 aliphatic rings. The van der Waals surface area contributed by atoms with Crippen molar-refractivity contribution in [1.29, 1.82) is 0 Å². The largest absolute Gasteiger partial charge is 0.323 e. The number of benzene rings is 3. The van der Waals surface area contributed by atoms with E-state index in [-0.39, 0.29) is 6.42 Å². The SMILES string of the molecule is Cc1ccc(-c2sc(-c3ccccc3)nc2CC(=O)Nc2ccc(F)c(F)c2F)cc1. The summed E-state index contributed by atoms with van der Waals surface area (Å²) >= 11 is 1.45. The molecule has 0 radical (unpaired) electrons. The van der Waals surface area contributed by atoms with Crippen LogP contribution in [0.25, 0.3) is 21.0 Å². The molecule has 1 heterocycles. The molecular formula is C24H17F3N2OS. The van der Waals surface area contributed by atoms with E-state index in [2.05, 4.69) is 10.3 Å². The van der Waals surface area contributed by atoms with Gasteiger partial charge in [0.2, 0.25) is 5.91 Å². The van der Waals surface area contributed by atoms with E-state index >= 15 is 0 Å². The lowest BCUT2D eigenvalue weighted by Crippen LogP contribution is -2.16. The van der Waals surface area contributed by atoms with Gasteiger partial charge in [0, 0.05) is 5.56 Å². The lowest BCUT2D eigenvalue weighted by Gasteiger charge is -2.08. The number of hydrogen-bond donors (Lipinski definition) is 1. The van der Waals surface area contributed by atoms with E-state index in [0.717, 1.165) is 38.7 Å². The van der Waals surface area contributed by atoms with Gasteiger partial charge in [0.25, 0.3) is 0 Å². The first-order valence-corrected chi connectivity index (χ1v) is 10.3. The molecule has 0 saturated carbocycles. The van der Waals surface area contributed by atoms with E-state index in [0.29, 0.717) is 5.69 Å². The van der Waals surface area contributed by atoms with Gasteiger partial charge in [-0.25, -0.2) is 18.2 Å². The molecule has 0 aliphatic heterocycles. The number of halogens is 3. The summed E-state index contributed by atoms with van der Waals surface area (Å²) in [6, 6.07) is 19.2. The summed E-state index contributed by atoms with van der Waals surface area (Å²) in [6.45, 7) is 1.98. The number of nitrogens with zero attached hydrogens (tertiary/aromatic N) is 1. The summed E-state index contributed by atoms with van der Waals surface area (Å²) in [4.78, 5) is 18.0. The molecule has 4 aromatic rings. The molecule has 4 rings (SSSR count). The van der Waals surface area contributed by atoms with E-state index in [4.69, 9.17) is 0 Å². The van der Waals surface area contributed by atoms with Crippen LogP contribution in [0.15, 0.2) is 66.7 Å². The number of rotatable bonds is 5. The third kappa shape index (κ3) is 4.51. The average molecular weight is 438 g/mol. The fourth-order valence-corrected chi connectivity index (χ4v) is 4.17. The van der Waals surface area contributed by atoms with Crippen LogP contribution in [0.1, 0.15) is 11.3 Å².